The van der Waals surface area contributed by atoms with Crippen molar-refractivity contribution in [3.05, 3.63) is 194 Å². The van der Waals surface area contributed by atoms with Crippen LogP contribution in [0.3, 0.4) is 0 Å². The van der Waals surface area contributed by atoms with Crippen molar-refractivity contribution >= 4 is 76.2 Å². The van der Waals surface area contributed by atoms with Crippen LogP contribution < -0.4 is 0 Å². The molecular weight excluding hydrogens is 681 g/mol. The van der Waals surface area contributed by atoms with Crippen LogP contribution in [-0.2, 0) is 0 Å². The van der Waals surface area contributed by atoms with E-state index in [-0.39, 0.29) is 0 Å². The predicted molar refractivity (Wildman–Crippen MR) is 235 cm³/mol. The van der Waals surface area contributed by atoms with Gasteiger partial charge in [0.25, 0.3) is 0 Å². The Morgan fingerprint density at radius 1 is 0.232 bits per heavy atom. The topological polar surface area (TPSA) is 26.3 Å². The number of rotatable bonds is 4. The van der Waals surface area contributed by atoms with Gasteiger partial charge in [-0.2, -0.15) is 0 Å². The van der Waals surface area contributed by atoms with E-state index in [1.54, 1.807) is 0 Å². The third kappa shape index (κ3) is 4.69. The average molecular weight is 713 g/mol. The summed E-state index contributed by atoms with van der Waals surface area (Å²) in [6.45, 7) is 0. The Labute approximate surface area is 322 Å². The summed E-state index contributed by atoms with van der Waals surface area (Å²) in [6, 6.07) is 70.1. The van der Waals surface area contributed by atoms with Gasteiger partial charge < -0.3 is 8.83 Å². The van der Waals surface area contributed by atoms with Crippen molar-refractivity contribution in [3.8, 4) is 44.5 Å². The summed E-state index contributed by atoms with van der Waals surface area (Å²) in [5, 5.41) is 11.8. The van der Waals surface area contributed by atoms with Crippen LogP contribution in [0.5, 0.6) is 0 Å². The van der Waals surface area contributed by atoms with E-state index in [1.165, 1.54) is 65.7 Å². The summed E-state index contributed by atoms with van der Waals surface area (Å²) in [5.74, 6) is 0. The summed E-state index contributed by atoms with van der Waals surface area (Å²) in [6.07, 6.45) is 0. The molecule has 0 bridgehead atoms. The second-order valence-corrected chi connectivity index (χ2v) is 14.8. The Kier molecular flexibility index (Phi) is 6.66. The SMILES string of the molecule is c1ccc(-c2cc(-c3c4cccc(-c5ccc6c(c5)oc5ccccc56)c4cc4c(-c5ccc6c(c5)oc5ccccc56)cccc34)cc3ccccc23)cc1. The monoisotopic (exact) mass is 712 g/mol. The number of furan rings is 2. The minimum atomic E-state index is 0.892. The molecule has 12 rings (SSSR count). The van der Waals surface area contributed by atoms with Crippen molar-refractivity contribution in [2.45, 2.75) is 0 Å². The van der Waals surface area contributed by atoms with Crippen molar-refractivity contribution in [2.75, 3.05) is 0 Å². The lowest BCUT2D eigenvalue weighted by atomic mass is 9.84. The average Bonchev–Trinajstić information content (AvgIpc) is 3.82. The van der Waals surface area contributed by atoms with Crippen LogP contribution in [0.15, 0.2) is 203 Å². The third-order valence-electron chi connectivity index (χ3n) is 11.7. The van der Waals surface area contributed by atoms with Crippen LogP contribution >= 0.6 is 0 Å². The molecule has 10 aromatic carbocycles. The van der Waals surface area contributed by atoms with Crippen LogP contribution in [0.25, 0.3) is 121 Å². The zero-order valence-electron chi connectivity index (χ0n) is 30.3. The maximum absolute atomic E-state index is 6.41. The highest BCUT2D eigenvalue weighted by Gasteiger charge is 2.19. The first kappa shape index (κ1) is 31.0. The minimum Gasteiger partial charge on any atom is -0.456 e. The highest BCUT2D eigenvalue weighted by atomic mass is 16.3. The fourth-order valence-electron chi connectivity index (χ4n) is 9.08. The van der Waals surface area contributed by atoms with Crippen molar-refractivity contribution in [3.63, 3.8) is 0 Å². The van der Waals surface area contributed by atoms with Crippen molar-refractivity contribution in [2.24, 2.45) is 0 Å². The largest absolute Gasteiger partial charge is 0.456 e. The Morgan fingerprint density at radius 3 is 1.34 bits per heavy atom. The van der Waals surface area contributed by atoms with Crippen molar-refractivity contribution in [1.29, 1.82) is 0 Å². The minimum absolute atomic E-state index is 0.892. The summed E-state index contributed by atoms with van der Waals surface area (Å²) >= 11 is 0. The van der Waals surface area contributed by atoms with Crippen LogP contribution in [-0.4, -0.2) is 0 Å². The maximum atomic E-state index is 6.41. The van der Waals surface area contributed by atoms with Crippen LogP contribution in [0, 0.1) is 0 Å². The molecule has 0 amide bonds. The second kappa shape index (κ2) is 12.0. The smallest absolute Gasteiger partial charge is 0.136 e. The summed E-state index contributed by atoms with van der Waals surface area (Å²) in [5.41, 5.74) is 13.0. The van der Waals surface area contributed by atoms with Gasteiger partial charge in [-0.15, -0.1) is 0 Å². The quantitative estimate of drug-likeness (QED) is 0.170. The number of benzene rings is 10. The van der Waals surface area contributed by atoms with Gasteiger partial charge >= 0.3 is 0 Å². The fourth-order valence-corrected chi connectivity index (χ4v) is 9.08. The van der Waals surface area contributed by atoms with E-state index in [2.05, 4.69) is 170 Å². The molecule has 2 heteroatoms. The van der Waals surface area contributed by atoms with Crippen LogP contribution in [0.2, 0.25) is 0 Å². The molecular formula is C54H32O2. The standard InChI is InChI=1S/C54H32O2/c1-2-12-33(13-3-1)47-29-37(28-34-14-4-5-15-38(34)47)54-45-20-10-18-39(35-24-26-43-41-16-6-8-22-50(41)55-52(43)30-35)48(45)32-49-40(19-11-21-46(49)54)36-25-27-44-42-17-7-9-23-51(42)56-53(44)31-36/h1-32H. The normalized spacial score (nSPS) is 11.9. The molecule has 0 spiro atoms. The van der Waals surface area contributed by atoms with Crippen LogP contribution in [0.4, 0.5) is 0 Å². The summed E-state index contributed by atoms with van der Waals surface area (Å²) in [4.78, 5) is 0. The first-order chi connectivity index (χ1) is 27.7. The molecule has 0 saturated carbocycles. The first-order valence-corrected chi connectivity index (χ1v) is 19.2. The van der Waals surface area contributed by atoms with Gasteiger partial charge in [0.05, 0.1) is 0 Å². The van der Waals surface area contributed by atoms with Gasteiger partial charge in [0.15, 0.2) is 0 Å². The molecule has 2 aromatic heterocycles. The Hall–Kier alpha value is -7.42. The maximum Gasteiger partial charge on any atom is 0.136 e. The van der Waals surface area contributed by atoms with Crippen LogP contribution in [0.1, 0.15) is 0 Å². The molecule has 0 aliphatic rings. The van der Waals surface area contributed by atoms with Gasteiger partial charge in [0.1, 0.15) is 22.3 Å². The highest BCUT2D eigenvalue weighted by molar-refractivity contribution is 6.20. The Morgan fingerprint density at radius 2 is 0.732 bits per heavy atom. The third-order valence-corrected chi connectivity index (χ3v) is 11.7. The van der Waals surface area contributed by atoms with Crippen molar-refractivity contribution in [1.82, 2.24) is 0 Å². The summed E-state index contributed by atoms with van der Waals surface area (Å²) < 4.78 is 12.8. The Bertz CT molecular complexity index is 3360. The van der Waals surface area contributed by atoms with E-state index in [9.17, 15) is 0 Å². The van der Waals surface area contributed by atoms with Gasteiger partial charge in [-0.25, -0.2) is 0 Å². The molecule has 260 valence electrons. The molecule has 0 fully saturated rings. The van der Waals surface area contributed by atoms with E-state index in [0.29, 0.717) is 0 Å². The summed E-state index contributed by atoms with van der Waals surface area (Å²) in [7, 11) is 0. The molecule has 0 N–H and O–H groups in total. The fraction of sp³-hybridized carbons (Fsp3) is 0. The second-order valence-electron chi connectivity index (χ2n) is 14.8. The molecule has 0 aliphatic heterocycles. The van der Waals surface area contributed by atoms with E-state index in [1.807, 2.05) is 24.3 Å². The zero-order chi connectivity index (χ0) is 36.7. The molecule has 2 nitrogen and oxygen atoms in total. The van der Waals surface area contributed by atoms with Crippen molar-refractivity contribution < 1.29 is 8.83 Å². The first-order valence-electron chi connectivity index (χ1n) is 19.2. The molecule has 0 unspecified atom stereocenters. The molecule has 2 heterocycles. The van der Waals surface area contributed by atoms with E-state index in [0.717, 1.165) is 55.0 Å². The lowest BCUT2D eigenvalue weighted by Crippen LogP contribution is -1.92. The molecule has 0 saturated heterocycles. The lowest BCUT2D eigenvalue weighted by molar-refractivity contribution is 0.668. The van der Waals surface area contributed by atoms with Gasteiger partial charge in [-0.05, 0) is 131 Å². The lowest BCUT2D eigenvalue weighted by Gasteiger charge is -2.19. The van der Waals surface area contributed by atoms with Gasteiger partial charge in [0.2, 0.25) is 0 Å². The Balaban J connectivity index is 1.17. The molecule has 0 aliphatic carbocycles. The molecule has 0 atom stereocenters. The van der Waals surface area contributed by atoms with E-state index >= 15 is 0 Å². The zero-order valence-corrected chi connectivity index (χ0v) is 30.3. The van der Waals surface area contributed by atoms with E-state index in [4.69, 9.17) is 8.83 Å². The molecule has 0 radical (unpaired) electrons. The van der Waals surface area contributed by atoms with Gasteiger partial charge in [-0.3, -0.25) is 0 Å². The molecule has 12 aromatic rings. The van der Waals surface area contributed by atoms with E-state index < -0.39 is 0 Å². The highest BCUT2D eigenvalue weighted by Crippen LogP contribution is 2.46. The van der Waals surface area contributed by atoms with Gasteiger partial charge in [-0.1, -0.05) is 140 Å². The number of hydrogen-bond donors (Lipinski definition) is 0. The number of hydrogen-bond acceptors (Lipinski definition) is 2. The number of para-hydroxylation sites is 2. The predicted octanol–water partition coefficient (Wildman–Crippen LogP) is 15.6. The molecule has 56 heavy (non-hydrogen) atoms. The van der Waals surface area contributed by atoms with Gasteiger partial charge in [0, 0.05) is 21.5 Å². The number of fused-ring (bicyclic) bond motifs is 9.